The van der Waals surface area contributed by atoms with Crippen LogP contribution >= 0.6 is 0 Å². The highest BCUT2D eigenvalue weighted by Gasteiger charge is 2.10. The summed E-state index contributed by atoms with van der Waals surface area (Å²) in [5.74, 6) is 5.10. The molecule has 0 bridgehead atoms. The maximum Gasteiger partial charge on any atom is 0.270 e. The van der Waals surface area contributed by atoms with E-state index < -0.39 is 0 Å². The van der Waals surface area contributed by atoms with Crippen molar-refractivity contribution in [2.45, 2.75) is 6.92 Å². The van der Waals surface area contributed by atoms with Gasteiger partial charge in [-0.25, -0.2) is 4.39 Å². The van der Waals surface area contributed by atoms with Crippen LogP contribution in [0.25, 0.3) is 11.3 Å². The molecule has 6 heteroatoms. The lowest BCUT2D eigenvalue weighted by atomic mass is 10.1. The molecule has 0 unspecified atom stereocenters. The highest BCUT2D eigenvalue weighted by molar-refractivity contribution is 5.94. The third-order valence-electron chi connectivity index (χ3n) is 3.82. The molecule has 0 spiro atoms. The number of hydrogen-bond donors (Lipinski definition) is 2. The van der Waals surface area contributed by atoms with Crippen molar-refractivity contribution in [1.82, 2.24) is 15.5 Å². The molecule has 5 nitrogen and oxygen atoms in total. The quantitative estimate of drug-likeness (QED) is 0.554. The molecular weight excluding hydrogens is 345 g/mol. The standard InChI is InChI=1S/C21H16FN3O2/c1-14(26)16-6-4-15(5-7-16)3-2-12-23-21(27)20-13-19(24-25-20)17-8-10-18(22)11-9-17/h4-11,13H,12H2,1H3,(H,23,27)(H,24,25). The van der Waals surface area contributed by atoms with Gasteiger partial charge in [0.15, 0.2) is 5.78 Å². The Morgan fingerprint density at radius 1 is 1.11 bits per heavy atom. The number of carbonyl (C=O) groups excluding carboxylic acids is 2. The Hall–Kier alpha value is -3.72. The van der Waals surface area contributed by atoms with Gasteiger partial charge in [0.1, 0.15) is 11.5 Å². The minimum Gasteiger partial charge on any atom is -0.340 e. The molecule has 134 valence electrons. The highest BCUT2D eigenvalue weighted by Crippen LogP contribution is 2.17. The first-order valence-electron chi connectivity index (χ1n) is 8.22. The van der Waals surface area contributed by atoms with Crippen molar-refractivity contribution in [3.05, 3.63) is 77.2 Å². The highest BCUT2D eigenvalue weighted by atomic mass is 19.1. The van der Waals surface area contributed by atoms with Crippen LogP contribution in [0.5, 0.6) is 0 Å². The molecule has 0 saturated carbocycles. The number of Topliss-reactive ketones (excluding diaryl/α,β-unsaturated/α-hetero) is 1. The van der Waals surface area contributed by atoms with Crippen LogP contribution in [0.4, 0.5) is 4.39 Å². The predicted molar refractivity (Wildman–Crippen MR) is 99.6 cm³/mol. The zero-order chi connectivity index (χ0) is 19.2. The molecule has 3 aromatic rings. The lowest BCUT2D eigenvalue weighted by Gasteiger charge is -1.97. The monoisotopic (exact) mass is 361 g/mol. The molecule has 0 aliphatic heterocycles. The van der Waals surface area contributed by atoms with Crippen molar-refractivity contribution >= 4 is 11.7 Å². The fraction of sp³-hybridized carbons (Fsp3) is 0.0952. The third kappa shape index (κ3) is 4.67. The summed E-state index contributed by atoms with van der Waals surface area (Å²) in [6, 6.07) is 14.4. The van der Waals surface area contributed by atoms with Crippen LogP contribution in [0, 0.1) is 17.7 Å². The van der Waals surface area contributed by atoms with Gasteiger partial charge in [0, 0.05) is 16.7 Å². The number of carbonyl (C=O) groups is 2. The Labute approximate surface area is 155 Å². The summed E-state index contributed by atoms with van der Waals surface area (Å²) in [4.78, 5) is 23.4. The van der Waals surface area contributed by atoms with Crippen molar-refractivity contribution < 1.29 is 14.0 Å². The van der Waals surface area contributed by atoms with E-state index in [9.17, 15) is 14.0 Å². The molecule has 2 N–H and O–H groups in total. The van der Waals surface area contributed by atoms with E-state index >= 15 is 0 Å². The van der Waals surface area contributed by atoms with Crippen LogP contribution in [0.15, 0.2) is 54.6 Å². The van der Waals surface area contributed by atoms with Gasteiger partial charge in [-0.1, -0.05) is 24.0 Å². The first-order valence-corrected chi connectivity index (χ1v) is 8.22. The van der Waals surface area contributed by atoms with Crippen molar-refractivity contribution in [2.24, 2.45) is 0 Å². The number of benzene rings is 2. The molecule has 0 radical (unpaired) electrons. The largest absolute Gasteiger partial charge is 0.340 e. The van der Waals surface area contributed by atoms with Gasteiger partial charge in [-0.3, -0.25) is 14.7 Å². The van der Waals surface area contributed by atoms with Gasteiger partial charge in [-0.05, 0) is 49.4 Å². The molecular formula is C21H16FN3O2. The van der Waals surface area contributed by atoms with Crippen LogP contribution in [-0.2, 0) is 0 Å². The number of H-pyrrole nitrogens is 1. The number of ketones is 1. The predicted octanol–water partition coefficient (Wildman–Crippen LogP) is 3.20. The SMILES string of the molecule is CC(=O)c1ccc(C#CCNC(=O)c2cc(-c3ccc(F)cc3)n[nH]2)cc1. The normalized spacial score (nSPS) is 10.0. The fourth-order valence-electron chi connectivity index (χ4n) is 2.36. The second kappa shape index (κ2) is 8.11. The van der Waals surface area contributed by atoms with Crippen molar-refractivity contribution in [2.75, 3.05) is 6.54 Å². The number of nitrogens with one attached hydrogen (secondary N) is 2. The summed E-state index contributed by atoms with van der Waals surface area (Å²) in [5.41, 5.74) is 2.94. The third-order valence-corrected chi connectivity index (χ3v) is 3.82. The average Bonchev–Trinajstić information content (AvgIpc) is 3.16. The zero-order valence-corrected chi connectivity index (χ0v) is 14.5. The van der Waals surface area contributed by atoms with Crippen LogP contribution in [0.1, 0.15) is 33.3 Å². The maximum atomic E-state index is 13.0. The van der Waals surface area contributed by atoms with E-state index in [0.29, 0.717) is 22.5 Å². The van der Waals surface area contributed by atoms with Gasteiger partial charge in [-0.2, -0.15) is 5.10 Å². The van der Waals surface area contributed by atoms with Crippen molar-refractivity contribution in [1.29, 1.82) is 0 Å². The topological polar surface area (TPSA) is 74.8 Å². The molecule has 1 amide bonds. The fourth-order valence-corrected chi connectivity index (χ4v) is 2.36. The molecule has 1 heterocycles. The molecule has 2 aromatic carbocycles. The smallest absolute Gasteiger partial charge is 0.270 e. The van der Waals surface area contributed by atoms with E-state index in [4.69, 9.17) is 0 Å². The van der Waals surface area contributed by atoms with Gasteiger partial charge >= 0.3 is 0 Å². The first-order chi connectivity index (χ1) is 13.0. The van der Waals surface area contributed by atoms with E-state index in [1.54, 1.807) is 42.5 Å². The number of aromatic amines is 1. The van der Waals surface area contributed by atoms with Crippen LogP contribution in [0.2, 0.25) is 0 Å². The minimum absolute atomic E-state index is 0.00124. The summed E-state index contributed by atoms with van der Waals surface area (Å²) < 4.78 is 13.0. The van der Waals surface area contributed by atoms with E-state index in [0.717, 1.165) is 5.56 Å². The van der Waals surface area contributed by atoms with E-state index in [2.05, 4.69) is 27.4 Å². The number of nitrogens with zero attached hydrogens (tertiary/aromatic N) is 1. The number of amides is 1. The summed E-state index contributed by atoms with van der Waals surface area (Å²) >= 11 is 0. The second-order valence-electron chi connectivity index (χ2n) is 5.79. The Kier molecular flexibility index (Phi) is 5.43. The molecule has 0 aliphatic rings. The molecule has 27 heavy (non-hydrogen) atoms. The Balaban J connectivity index is 1.57. The summed E-state index contributed by atoms with van der Waals surface area (Å²) in [6.45, 7) is 1.67. The second-order valence-corrected chi connectivity index (χ2v) is 5.79. The van der Waals surface area contributed by atoms with Gasteiger partial charge < -0.3 is 5.32 Å². The zero-order valence-electron chi connectivity index (χ0n) is 14.5. The molecule has 0 saturated heterocycles. The number of halogens is 1. The Morgan fingerprint density at radius 2 is 1.81 bits per heavy atom. The Morgan fingerprint density at radius 3 is 2.48 bits per heavy atom. The summed E-state index contributed by atoms with van der Waals surface area (Å²) in [6.07, 6.45) is 0. The van der Waals surface area contributed by atoms with Crippen molar-refractivity contribution in [3.8, 4) is 23.1 Å². The molecule has 0 aliphatic carbocycles. The van der Waals surface area contributed by atoms with Crippen LogP contribution in [-0.4, -0.2) is 28.4 Å². The maximum absolute atomic E-state index is 13.0. The number of hydrogen-bond acceptors (Lipinski definition) is 3. The minimum atomic E-state index is -0.336. The number of rotatable bonds is 4. The van der Waals surface area contributed by atoms with Crippen molar-refractivity contribution in [3.63, 3.8) is 0 Å². The summed E-state index contributed by atoms with van der Waals surface area (Å²) in [5, 5.41) is 9.40. The average molecular weight is 361 g/mol. The van der Waals surface area contributed by atoms with Gasteiger partial charge in [0.05, 0.1) is 12.2 Å². The molecule has 1 aromatic heterocycles. The van der Waals surface area contributed by atoms with E-state index in [-0.39, 0.29) is 24.1 Å². The van der Waals surface area contributed by atoms with Gasteiger partial charge in [-0.15, -0.1) is 0 Å². The summed E-state index contributed by atoms with van der Waals surface area (Å²) in [7, 11) is 0. The molecule has 0 fully saturated rings. The van der Waals surface area contributed by atoms with Gasteiger partial charge in [0.25, 0.3) is 5.91 Å². The van der Waals surface area contributed by atoms with E-state index in [1.165, 1.54) is 19.1 Å². The number of aromatic nitrogens is 2. The first kappa shape index (κ1) is 18.1. The lowest BCUT2D eigenvalue weighted by molar-refractivity contribution is 0.0952. The molecule has 0 atom stereocenters. The lowest BCUT2D eigenvalue weighted by Crippen LogP contribution is -2.23. The van der Waals surface area contributed by atoms with Crippen LogP contribution < -0.4 is 5.32 Å². The molecule has 3 rings (SSSR count). The van der Waals surface area contributed by atoms with E-state index in [1.807, 2.05) is 0 Å². The van der Waals surface area contributed by atoms with Gasteiger partial charge in [0.2, 0.25) is 0 Å². The van der Waals surface area contributed by atoms with Crippen LogP contribution in [0.3, 0.4) is 0 Å². The Bertz CT molecular complexity index is 1030.